The average Bonchev–Trinajstić information content (AvgIpc) is 3.38. The molecular weight excluding hydrogens is 538 g/mol. The van der Waals surface area contributed by atoms with Gasteiger partial charge in [0.05, 0.1) is 25.0 Å². The second-order valence-electron chi connectivity index (χ2n) is 11.8. The fraction of sp³-hybridized carbons (Fsp3) is 0.406. The van der Waals surface area contributed by atoms with Gasteiger partial charge >= 0.3 is 5.97 Å². The molecule has 9 heteroatoms. The van der Waals surface area contributed by atoms with Gasteiger partial charge in [-0.2, -0.15) is 5.01 Å². The highest BCUT2D eigenvalue weighted by atomic mass is 32.2. The molecule has 0 spiro atoms. The normalized spacial score (nSPS) is 14.2. The van der Waals surface area contributed by atoms with Crippen LogP contribution in [0.4, 0.5) is 5.69 Å². The third kappa shape index (κ3) is 8.47. The van der Waals surface area contributed by atoms with Gasteiger partial charge in [0.1, 0.15) is 16.1 Å². The summed E-state index contributed by atoms with van der Waals surface area (Å²) in [6.07, 6.45) is 1.65. The summed E-state index contributed by atoms with van der Waals surface area (Å²) in [5, 5.41) is 6.03. The Balaban J connectivity index is 1.49. The Morgan fingerprint density at radius 1 is 1.02 bits per heavy atom. The maximum atomic E-state index is 12.7. The molecule has 218 valence electrons. The first-order valence-electron chi connectivity index (χ1n) is 13.7. The van der Waals surface area contributed by atoms with E-state index in [1.54, 1.807) is 6.26 Å². The Morgan fingerprint density at radius 3 is 2.39 bits per heavy atom. The number of hydrogen-bond acceptors (Lipinski definition) is 8. The van der Waals surface area contributed by atoms with Crippen LogP contribution in [0.15, 0.2) is 75.3 Å². The lowest BCUT2D eigenvalue weighted by Gasteiger charge is -2.28. The van der Waals surface area contributed by atoms with Gasteiger partial charge < -0.3 is 13.9 Å². The van der Waals surface area contributed by atoms with Crippen molar-refractivity contribution in [2.24, 2.45) is 5.10 Å². The predicted molar refractivity (Wildman–Crippen MR) is 162 cm³/mol. The molecule has 41 heavy (non-hydrogen) atoms. The Labute approximate surface area is 246 Å². The summed E-state index contributed by atoms with van der Waals surface area (Å²) in [6, 6.07) is 17.9. The number of aryl methyl sites for hydroxylation is 2. The van der Waals surface area contributed by atoms with Gasteiger partial charge in [0, 0.05) is 11.4 Å². The quantitative estimate of drug-likeness (QED) is 0.201. The van der Waals surface area contributed by atoms with Crippen molar-refractivity contribution in [3.8, 4) is 0 Å². The first kappa shape index (κ1) is 30.4. The number of thioether (sulfide) groups is 1. The van der Waals surface area contributed by atoms with Crippen LogP contribution in [-0.2, 0) is 32.2 Å². The number of nitrogens with zero attached hydrogens (tertiary/aromatic N) is 3. The zero-order valence-corrected chi connectivity index (χ0v) is 25.7. The highest BCUT2D eigenvalue weighted by molar-refractivity contribution is 8.01. The molecule has 0 aliphatic carbocycles. The number of amides is 1. The van der Waals surface area contributed by atoms with Crippen molar-refractivity contribution in [2.45, 2.75) is 76.8 Å². The molecule has 1 aromatic heterocycles. The van der Waals surface area contributed by atoms with Gasteiger partial charge in [-0.05, 0) is 89.9 Å². The summed E-state index contributed by atoms with van der Waals surface area (Å²) in [5.41, 5.74) is 3.39. The van der Waals surface area contributed by atoms with Crippen LogP contribution in [0.5, 0.6) is 0 Å². The summed E-state index contributed by atoms with van der Waals surface area (Å²) in [6.45, 7) is 14.8. The number of carbonyl (C=O) groups is 2. The Hall–Kier alpha value is -3.56. The van der Waals surface area contributed by atoms with Gasteiger partial charge in [-0.3, -0.25) is 14.5 Å². The van der Waals surface area contributed by atoms with Crippen molar-refractivity contribution in [1.82, 2.24) is 4.90 Å². The maximum Gasteiger partial charge on any atom is 0.322 e. The molecule has 0 N–H and O–H groups in total. The molecule has 1 amide bonds. The van der Waals surface area contributed by atoms with Crippen LogP contribution >= 0.6 is 11.8 Å². The van der Waals surface area contributed by atoms with Crippen LogP contribution in [0, 0.1) is 13.8 Å². The number of esters is 1. The summed E-state index contributed by atoms with van der Waals surface area (Å²) < 4.78 is 16.3. The summed E-state index contributed by atoms with van der Waals surface area (Å²) in [7, 11) is 0. The third-order valence-corrected chi connectivity index (χ3v) is 7.49. The molecule has 0 bridgehead atoms. The van der Waals surface area contributed by atoms with E-state index in [0.29, 0.717) is 25.5 Å². The van der Waals surface area contributed by atoms with Crippen LogP contribution in [-0.4, -0.2) is 46.2 Å². The number of rotatable bonds is 10. The molecule has 0 atom stereocenters. The minimum atomic E-state index is -0.726. The van der Waals surface area contributed by atoms with E-state index in [4.69, 9.17) is 13.9 Å². The number of furan rings is 1. The summed E-state index contributed by atoms with van der Waals surface area (Å²) >= 11 is 1.48. The third-order valence-electron chi connectivity index (χ3n) is 6.30. The lowest BCUT2D eigenvalue weighted by molar-refractivity contribution is -0.156. The summed E-state index contributed by atoms with van der Waals surface area (Å²) in [5.74, 6) is 0.823. The van der Waals surface area contributed by atoms with Gasteiger partial charge in [0.25, 0.3) is 5.91 Å². The monoisotopic (exact) mass is 577 g/mol. The van der Waals surface area contributed by atoms with Crippen LogP contribution in [0.1, 0.15) is 57.1 Å². The van der Waals surface area contributed by atoms with Crippen molar-refractivity contribution < 1.29 is 23.5 Å². The van der Waals surface area contributed by atoms with E-state index < -0.39 is 10.3 Å². The minimum Gasteiger partial charge on any atom is -0.469 e. The van der Waals surface area contributed by atoms with Crippen molar-refractivity contribution >= 4 is 35.2 Å². The number of anilines is 1. The van der Waals surface area contributed by atoms with Crippen LogP contribution in [0.25, 0.3) is 0 Å². The van der Waals surface area contributed by atoms with E-state index in [2.05, 4.69) is 22.1 Å². The molecule has 0 unspecified atom stereocenters. The lowest BCUT2D eigenvalue weighted by atomic mass is 10.1. The second kappa shape index (κ2) is 12.5. The van der Waals surface area contributed by atoms with E-state index in [1.807, 2.05) is 90.9 Å². The number of carbonyl (C=O) groups excluding carboxylic acids is 2. The number of hydrazone groups is 1. The number of benzene rings is 2. The standard InChI is InChI=1S/C32H39N3O5S/c1-22-10-15-27(23(2)17-22)35-29(36)21-39-28(33-35)20-34(19-25-9-8-16-38-25)18-24-11-13-26(14-12-24)41-32(6,7)30(37)40-31(3,4)5/h8-17H,18-21H2,1-7H3. The molecule has 2 aromatic carbocycles. The van der Waals surface area contributed by atoms with Gasteiger partial charge in [-0.15, -0.1) is 16.9 Å². The number of ether oxygens (including phenoxy) is 2. The van der Waals surface area contributed by atoms with Crippen molar-refractivity contribution in [2.75, 3.05) is 18.2 Å². The molecule has 0 saturated carbocycles. The largest absolute Gasteiger partial charge is 0.469 e. The molecule has 2 heterocycles. The van der Waals surface area contributed by atoms with E-state index in [0.717, 1.165) is 33.0 Å². The maximum absolute atomic E-state index is 12.7. The van der Waals surface area contributed by atoms with Crippen molar-refractivity contribution in [3.05, 3.63) is 83.3 Å². The first-order valence-corrected chi connectivity index (χ1v) is 14.5. The van der Waals surface area contributed by atoms with Gasteiger partial charge in [-0.1, -0.05) is 29.8 Å². The molecule has 1 aliphatic rings. The van der Waals surface area contributed by atoms with E-state index in [9.17, 15) is 9.59 Å². The molecule has 0 fully saturated rings. The van der Waals surface area contributed by atoms with Crippen molar-refractivity contribution in [3.63, 3.8) is 0 Å². The SMILES string of the molecule is Cc1ccc(N2N=C(CN(Cc3ccc(SC(C)(C)C(=O)OC(C)(C)C)cc3)Cc3ccco3)OCC2=O)c(C)c1. The predicted octanol–water partition coefficient (Wildman–Crippen LogP) is 6.49. The first-order chi connectivity index (χ1) is 19.3. The Morgan fingerprint density at radius 2 is 1.76 bits per heavy atom. The van der Waals surface area contributed by atoms with Crippen LogP contribution < -0.4 is 5.01 Å². The fourth-order valence-electron chi connectivity index (χ4n) is 4.35. The van der Waals surface area contributed by atoms with Gasteiger partial charge in [0.15, 0.2) is 6.61 Å². The zero-order chi connectivity index (χ0) is 29.8. The fourth-order valence-corrected chi connectivity index (χ4v) is 5.34. The smallest absolute Gasteiger partial charge is 0.322 e. The Bertz CT molecular complexity index is 1390. The topological polar surface area (TPSA) is 84.6 Å². The molecule has 0 saturated heterocycles. The van der Waals surface area contributed by atoms with Crippen molar-refractivity contribution in [1.29, 1.82) is 0 Å². The molecular formula is C32H39N3O5S. The second-order valence-corrected chi connectivity index (χ2v) is 13.5. The van der Waals surface area contributed by atoms with E-state index >= 15 is 0 Å². The molecule has 3 aromatic rings. The van der Waals surface area contributed by atoms with Gasteiger partial charge in [-0.25, -0.2) is 0 Å². The highest BCUT2D eigenvalue weighted by Gasteiger charge is 2.34. The average molecular weight is 578 g/mol. The Kier molecular flexibility index (Phi) is 9.29. The highest BCUT2D eigenvalue weighted by Crippen LogP contribution is 2.35. The van der Waals surface area contributed by atoms with E-state index in [1.165, 1.54) is 16.8 Å². The molecule has 8 nitrogen and oxygen atoms in total. The zero-order valence-electron chi connectivity index (χ0n) is 24.9. The minimum absolute atomic E-state index is 0.0693. The molecule has 0 radical (unpaired) electrons. The van der Waals surface area contributed by atoms with Gasteiger partial charge in [0.2, 0.25) is 5.90 Å². The molecule has 1 aliphatic heterocycles. The number of hydrogen-bond donors (Lipinski definition) is 0. The molecule has 4 rings (SSSR count). The van der Waals surface area contributed by atoms with Crippen LogP contribution in [0.2, 0.25) is 0 Å². The van der Waals surface area contributed by atoms with Crippen LogP contribution in [0.3, 0.4) is 0 Å². The van der Waals surface area contributed by atoms with E-state index in [-0.39, 0.29) is 18.5 Å². The lowest BCUT2D eigenvalue weighted by Crippen LogP contribution is -2.41. The summed E-state index contributed by atoms with van der Waals surface area (Å²) in [4.78, 5) is 28.5.